The fourth-order valence-corrected chi connectivity index (χ4v) is 4.49. The molecule has 2 rings (SSSR count). The molecule has 1 aromatic carbocycles. The van der Waals surface area contributed by atoms with E-state index in [2.05, 4.69) is 0 Å². The van der Waals surface area contributed by atoms with Crippen LogP contribution < -0.4 is 0 Å². The standard InChI is InChI=1S/C12H13ClF2O2S/c13-11(10-4-5-18(16,17)7-10)8-2-1-3-9(6-8)12(14)15/h1-3,6,10-12H,4-5,7H2. The van der Waals surface area contributed by atoms with Crippen LogP contribution in [0.3, 0.4) is 0 Å². The van der Waals surface area contributed by atoms with E-state index >= 15 is 0 Å². The summed E-state index contributed by atoms with van der Waals surface area (Å²) in [6, 6.07) is 5.88. The molecule has 1 aliphatic heterocycles. The van der Waals surface area contributed by atoms with Gasteiger partial charge >= 0.3 is 0 Å². The highest BCUT2D eigenvalue weighted by molar-refractivity contribution is 7.91. The molecule has 2 nitrogen and oxygen atoms in total. The summed E-state index contributed by atoms with van der Waals surface area (Å²) in [4.78, 5) is 0. The average Bonchev–Trinajstić information content (AvgIpc) is 2.69. The van der Waals surface area contributed by atoms with Crippen LogP contribution in [0.15, 0.2) is 24.3 Å². The van der Waals surface area contributed by atoms with Gasteiger partial charge in [0.1, 0.15) is 0 Å². The number of hydrogen-bond donors (Lipinski definition) is 0. The minimum atomic E-state index is -3.01. The maximum Gasteiger partial charge on any atom is 0.263 e. The molecule has 2 unspecified atom stereocenters. The fourth-order valence-electron chi connectivity index (χ4n) is 2.19. The summed E-state index contributed by atoms with van der Waals surface area (Å²) in [5, 5.41) is -0.527. The van der Waals surface area contributed by atoms with Crippen LogP contribution in [0.2, 0.25) is 0 Å². The predicted octanol–water partition coefficient (Wildman–Crippen LogP) is 3.34. The molecule has 1 aromatic rings. The van der Waals surface area contributed by atoms with Crippen LogP contribution in [0, 0.1) is 5.92 Å². The number of sulfone groups is 1. The van der Waals surface area contributed by atoms with Crippen LogP contribution in [0.5, 0.6) is 0 Å². The normalized spacial score (nSPS) is 24.3. The number of alkyl halides is 3. The van der Waals surface area contributed by atoms with Crippen LogP contribution in [0.25, 0.3) is 0 Å². The van der Waals surface area contributed by atoms with E-state index in [1.807, 2.05) is 0 Å². The largest absolute Gasteiger partial charge is 0.263 e. The van der Waals surface area contributed by atoms with Crippen molar-refractivity contribution >= 4 is 21.4 Å². The van der Waals surface area contributed by atoms with Gasteiger partial charge in [-0.1, -0.05) is 18.2 Å². The molecular formula is C12H13ClF2O2S. The minimum absolute atomic E-state index is 0.0417. The van der Waals surface area contributed by atoms with Crippen molar-refractivity contribution in [2.24, 2.45) is 5.92 Å². The molecule has 100 valence electrons. The first-order valence-corrected chi connectivity index (χ1v) is 7.87. The van der Waals surface area contributed by atoms with Gasteiger partial charge < -0.3 is 0 Å². The Morgan fingerprint density at radius 1 is 1.28 bits per heavy atom. The average molecular weight is 295 g/mol. The van der Waals surface area contributed by atoms with Crippen molar-refractivity contribution in [1.82, 2.24) is 0 Å². The molecule has 0 amide bonds. The van der Waals surface area contributed by atoms with E-state index < -0.39 is 21.6 Å². The molecule has 2 atom stereocenters. The molecule has 1 fully saturated rings. The first kappa shape index (κ1) is 13.7. The molecule has 1 saturated heterocycles. The first-order valence-electron chi connectivity index (χ1n) is 5.61. The van der Waals surface area contributed by atoms with E-state index in [0.29, 0.717) is 12.0 Å². The number of benzene rings is 1. The van der Waals surface area contributed by atoms with Gasteiger partial charge in [0.25, 0.3) is 6.43 Å². The molecule has 0 bridgehead atoms. The minimum Gasteiger partial charge on any atom is -0.229 e. The summed E-state index contributed by atoms with van der Waals surface area (Å²) in [5.74, 6) is -0.0141. The monoisotopic (exact) mass is 294 g/mol. The van der Waals surface area contributed by atoms with Gasteiger partial charge in [-0.2, -0.15) is 0 Å². The van der Waals surface area contributed by atoms with Gasteiger partial charge in [0.05, 0.1) is 16.9 Å². The quantitative estimate of drug-likeness (QED) is 0.801. The van der Waals surface area contributed by atoms with E-state index in [1.165, 1.54) is 18.2 Å². The van der Waals surface area contributed by atoms with Crippen molar-refractivity contribution in [3.63, 3.8) is 0 Å². The maximum atomic E-state index is 12.6. The lowest BCUT2D eigenvalue weighted by Gasteiger charge is -2.16. The van der Waals surface area contributed by atoms with E-state index in [0.717, 1.165) is 0 Å². The Hall–Kier alpha value is -0.680. The SMILES string of the molecule is O=S1(=O)CCC(C(Cl)c2cccc(C(F)F)c2)C1. The molecule has 1 heterocycles. The van der Waals surface area contributed by atoms with E-state index in [1.54, 1.807) is 6.07 Å². The van der Waals surface area contributed by atoms with E-state index in [9.17, 15) is 17.2 Å². The summed E-state index contributed by atoms with van der Waals surface area (Å²) in [6.45, 7) is 0. The Morgan fingerprint density at radius 2 is 1.94 bits per heavy atom. The zero-order valence-corrected chi connectivity index (χ0v) is 11.1. The highest BCUT2D eigenvalue weighted by atomic mass is 35.5. The highest BCUT2D eigenvalue weighted by Gasteiger charge is 2.33. The van der Waals surface area contributed by atoms with Gasteiger partial charge in [-0.15, -0.1) is 11.6 Å². The summed E-state index contributed by atoms with van der Waals surface area (Å²) in [6.07, 6.45) is -2.05. The summed E-state index contributed by atoms with van der Waals surface area (Å²) in [7, 11) is -3.01. The predicted molar refractivity (Wildman–Crippen MR) is 66.8 cm³/mol. The van der Waals surface area contributed by atoms with Gasteiger partial charge in [-0.3, -0.25) is 0 Å². The van der Waals surface area contributed by atoms with Crippen LogP contribution >= 0.6 is 11.6 Å². The number of rotatable bonds is 3. The fraction of sp³-hybridized carbons (Fsp3) is 0.500. The van der Waals surface area contributed by atoms with Crippen LogP contribution in [-0.4, -0.2) is 19.9 Å². The lowest BCUT2D eigenvalue weighted by molar-refractivity contribution is 0.151. The summed E-state index contributed by atoms with van der Waals surface area (Å²) < 4.78 is 47.9. The Balaban J connectivity index is 2.19. The van der Waals surface area contributed by atoms with Gasteiger partial charge in [-0.05, 0) is 24.0 Å². The molecule has 0 aliphatic carbocycles. The zero-order valence-electron chi connectivity index (χ0n) is 9.52. The smallest absolute Gasteiger partial charge is 0.229 e. The number of hydrogen-bond acceptors (Lipinski definition) is 2. The summed E-state index contributed by atoms with van der Waals surface area (Å²) in [5.41, 5.74) is 0.482. The van der Waals surface area contributed by atoms with Crippen molar-refractivity contribution in [3.05, 3.63) is 35.4 Å². The van der Waals surface area contributed by atoms with Gasteiger partial charge in [0, 0.05) is 5.56 Å². The van der Waals surface area contributed by atoms with Crippen molar-refractivity contribution in [2.45, 2.75) is 18.2 Å². The Bertz CT molecular complexity index is 531. The second-order valence-corrected chi connectivity index (χ2v) is 7.23. The Morgan fingerprint density at radius 3 is 2.50 bits per heavy atom. The zero-order chi connectivity index (χ0) is 13.3. The molecule has 0 spiro atoms. The molecule has 0 radical (unpaired) electrons. The van der Waals surface area contributed by atoms with Crippen molar-refractivity contribution in [3.8, 4) is 0 Å². The highest BCUT2D eigenvalue weighted by Crippen LogP contribution is 2.37. The molecule has 18 heavy (non-hydrogen) atoms. The van der Waals surface area contributed by atoms with Crippen LogP contribution in [-0.2, 0) is 9.84 Å². The van der Waals surface area contributed by atoms with Crippen molar-refractivity contribution in [1.29, 1.82) is 0 Å². The second kappa shape index (κ2) is 5.13. The first-order chi connectivity index (χ1) is 8.39. The Labute approximate surface area is 110 Å². The molecule has 0 aromatic heterocycles. The van der Waals surface area contributed by atoms with E-state index in [4.69, 9.17) is 11.6 Å². The van der Waals surface area contributed by atoms with Gasteiger partial charge in [0.2, 0.25) is 0 Å². The lowest BCUT2D eigenvalue weighted by atomic mass is 9.97. The van der Waals surface area contributed by atoms with Crippen LogP contribution in [0.1, 0.15) is 29.4 Å². The molecular weight excluding hydrogens is 282 g/mol. The van der Waals surface area contributed by atoms with Crippen molar-refractivity contribution in [2.75, 3.05) is 11.5 Å². The third kappa shape index (κ3) is 3.01. The van der Waals surface area contributed by atoms with Crippen molar-refractivity contribution < 1.29 is 17.2 Å². The van der Waals surface area contributed by atoms with Crippen LogP contribution in [0.4, 0.5) is 8.78 Å². The topological polar surface area (TPSA) is 34.1 Å². The lowest BCUT2D eigenvalue weighted by Crippen LogP contribution is -2.10. The van der Waals surface area contributed by atoms with Gasteiger partial charge in [-0.25, -0.2) is 17.2 Å². The number of halogens is 3. The third-order valence-corrected chi connectivity index (χ3v) is 5.56. The molecule has 0 N–H and O–H groups in total. The third-order valence-electron chi connectivity index (χ3n) is 3.16. The van der Waals surface area contributed by atoms with E-state index in [-0.39, 0.29) is 23.0 Å². The molecule has 0 saturated carbocycles. The summed E-state index contributed by atoms with van der Waals surface area (Å²) >= 11 is 6.21. The second-order valence-electron chi connectivity index (χ2n) is 4.54. The maximum absolute atomic E-state index is 12.6. The molecule has 1 aliphatic rings. The van der Waals surface area contributed by atoms with Gasteiger partial charge in [0.15, 0.2) is 9.84 Å². The molecule has 6 heteroatoms. The Kier molecular flexibility index (Phi) is 3.92.